The van der Waals surface area contributed by atoms with Gasteiger partial charge in [-0.05, 0) is 17.7 Å². The molecule has 1 amide bonds. The van der Waals surface area contributed by atoms with E-state index in [2.05, 4.69) is 4.98 Å². The van der Waals surface area contributed by atoms with Crippen molar-refractivity contribution in [2.24, 2.45) is 11.6 Å². The smallest absolute Gasteiger partial charge is 0.255 e. The highest BCUT2D eigenvalue weighted by Crippen LogP contribution is 2.20. The molecule has 1 unspecified atom stereocenters. The van der Waals surface area contributed by atoms with Crippen LogP contribution in [-0.2, 0) is 4.79 Å². The molecule has 1 aromatic heterocycles. The van der Waals surface area contributed by atoms with Gasteiger partial charge < -0.3 is 10.2 Å². The molecule has 1 heterocycles. The van der Waals surface area contributed by atoms with E-state index in [9.17, 15) is 4.79 Å². The van der Waals surface area contributed by atoms with Crippen LogP contribution in [0.3, 0.4) is 0 Å². The van der Waals surface area contributed by atoms with Crippen LogP contribution in [0, 0.1) is 6.92 Å². The van der Waals surface area contributed by atoms with E-state index in [0.29, 0.717) is 17.0 Å². The molecule has 0 radical (unpaired) electrons. The molecule has 0 saturated heterocycles. The molecule has 0 aliphatic heterocycles. The second-order valence-electron chi connectivity index (χ2n) is 3.45. The summed E-state index contributed by atoms with van der Waals surface area (Å²) >= 11 is 0. The van der Waals surface area contributed by atoms with Crippen LogP contribution in [0.4, 0.5) is 0 Å². The van der Waals surface area contributed by atoms with Crippen LogP contribution in [0.1, 0.15) is 17.5 Å². The van der Waals surface area contributed by atoms with Gasteiger partial charge in [0.2, 0.25) is 0 Å². The van der Waals surface area contributed by atoms with E-state index < -0.39 is 11.9 Å². The van der Waals surface area contributed by atoms with E-state index in [1.807, 2.05) is 5.43 Å². The number of carbonyl (C=O) groups is 1. The van der Waals surface area contributed by atoms with Gasteiger partial charge in [-0.2, -0.15) is 0 Å². The molecule has 0 fully saturated rings. The number of amides is 1. The summed E-state index contributed by atoms with van der Waals surface area (Å²) in [7, 11) is 0. The van der Waals surface area contributed by atoms with Crippen molar-refractivity contribution in [2.75, 3.05) is 0 Å². The monoisotopic (exact) mass is 220 g/mol. The summed E-state index contributed by atoms with van der Waals surface area (Å²) in [6.45, 7) is 1.76. The van der Waals surface area contributed by atoms with Crippen LogP contribution in [0.2, 0.25) is 0 Å². The Morgan fingerprint density at radius 3 is 3.00 bits per heavy atom. The molecule has 0 aliphatic carbocycles. The van der Waals surface area contributed by atoms with Gasteiger partial charge in [-0.3, -0.25) is 10.2 Å². The molecule has 2 rings (SSSR count). The Kier molecular flexibility index (Phi) is 2.59. The third-order valence-corrected chi connectivity index (χ3v) is 2.30. The van der Waals surface area contributed by atoms with Crippen molar-refractivity contribution in [1.82, 2.24) is 10.4 Å². The quantitative estimate of drug-likeness (QED) is 0.378. The van der Waals surface area contributed by atoms with Gasteiger partial charge in [0.1, 0.15) is 11.6 Å². The number of carbonyl (C=O) groups excluding carboxylic acids is 1. The number of hydrazine groups is 1. The first-order valence-electron chi connectivity index (χ1n) is 4.75. The molecule has 0 bridgehead atoms. The number of nitrogens with zero attached hydrogens (tertiary/aromatic N) is 1. The minimum absolute atomic E-state index is 0.449. The van der Waals surface area contributed by atoms with Crippen molar-refractivity contribution < 1.29 is 9.21 Å². The van der Waals surface area contributed by atoms with Gasteiger partial charge in [-0.25, -0.2) is 10.8 Å². The molecule has 1 aromatic carbocycles. The average Bonchev–Trinajstić information content (AvgIpc) is 2.65. The molecule has 84 valence electrons. The number of hydrogen-bond donors (Lipinski definition) is 3. The molecule has 0 saturated carbocycles. The topological polar surface area (TPSA) is 107 Å². The molecule has 1 atom stereocenters. The normalized spacial score (nSPS) is 12.7. The Morgan fingerprint density at radius 1 is 1.56 bits per heavy atom. The van der Waals surface area contributed by atoms with Crippen molar-refractivity contribution in [3.63, 3.8) is 0 Å². The Bertz CT molecular complexity index is 535. The molecule has 5 N–H and O–H groups in total. The summed E-state index contributed by atoms with van der Waals surface area (Å²) in [5.74, 6) is 5.14. The minimum atomic E-state index is -0.806. The lowest BCUT2D eigenvalue weighted by molar-refractivity contribution is -0.122. The fourth-order valence-corrected chi connectivity index (χ4v) is 1.49. The predicted molar refractivity (Wildman–Crippen MR) is 58.0 cm³/mol. The number of aromatic nitrogens is 1. The van der Waals surface area contributed by atoms with Crippen LogP contribution in [-0.4, -0.2) is 10.9 Å². The largest absolute Gasteiger partial charge is 0.441 e. The van der Waals surface area contributed by atoms with Gasteiger partial charge in [0.15, 0.2) is 11.5 Å². The van der Waals surface area contributed by atoms with E-state index in [-0.39, 0.29) is 0 Å². The Balaban J connectivity index is 2.42. The highest BCUT2D eigenvalue weighted by atomic mass is 16.3. The SMILES string of the molecule is Cc1nc2ccc(C(N)C(=O)NN)cc2o1. The molecule has 16 heavy (non-hydrogen) atoms. The van der Waals surface area contributed by atoms with E-state index in [0.717, 1.165) is 5.52 Å². The van der Waals surface area contributed by atoms with Crippen LogP contribution < -0.4 is 17.0 Å². The summed E-state index contributed by atoms with van der Waals surface area (Å²) in [5, 5.41) is 0. The van der Waals surface area contributed by atoms with E-state index in [4.69, 9.17) is 16.0 Å². The first kappa shape index (κ1) is 10.6. The summed E-state index contributed by atoms with van der Waals surface area (Å²) in [6.07, 6.45) is 0. The van der Waals surface area contributed by atoms with Crippen molar-refractivity contribution >= 4 is 17.0 Å². The van der Waals surface area contributed by atoms with Gasteiger partial charge in [0.05, 0.1) is 0 Å². The zero-order chi connectivity index (χ0) is 11.7. The molecule has 6 heteroatoms. The number of oxazole rings is 1. The number of nitrogens with one attached hydrogen (secondary N) is 1. The summed E-state index contributed by atoms with van der Waals surface area (Å²) in [4.78, 5) is 15.4. The predicted octanol–water partition coefficient (Wildman–Crippen LogP) is 0.126. The molecular formula is C10H12N4O2. The zero-order valence-electron chi connectivity index (χ0n) is 8.73. The minimum Gasteiger partial charge on any atom is -0.441 e. The highest BCUT2D eigenvalue weighted by molar-refractivity contribution is 5.84. The van der Waals surface area contributed by atoms with Gasteiger partial charge in [-0.15, -0.1) is 0 Å². The maximum absolute atomic E-state index is 11.2. The number of nitrogens with two attached hydrogens (primary N) is 2. The van der Waals surface area contributed by atoms with E-state index >= 15 is 0 Å². The molecule has 2 aromatic rings. The Labute approximate surface area is 91.6 Å². The van der Waals surface area contributed by atoms with E-state index in [1.165, 1.54) is 0 Å². The third kappa shape index (κ3) is 1.75. The lowest BCUT2D eigenvalue weighted by Crippen LogP contribution is -2.38. The van der Waals surface area contributed by atoms with Crippen LogP contribution in [0.15, 0.2) is 22.6 Å². The van der Waals surface area contributed by atoms with Gasteiger partial charge >= 0.3 is 0 Å². The lowest BCUT2D eigenvalue weighted by atomic mass is 10.1. The summed E-state index contributed by atoms with van der Waals surface area (Å²) < 4.78 is 5.34. The number of aryl methyl sites for hydroxylation is 1. The zero-order valence-corrected chi connectivity index (χ0v) is 8.73. The number of fused-ring (bicyclic) bond motifs is 1. The average molecular weight is 220 g/mol. The fourth-order valence-electron chi connectivity index (χ4n) is 1.49. The van der Waals surface area contributed by atoms with Gasteiger partial charge in [-0.1, -0.05) is 6.07 Å². The second-order valence-corrected chi connectivity index (χ2v) is 3.45. The number of benzene rings is 1. The summed E-state index contributed by atoms with van der Waals surface area (Å²) in [5.41, 5.74) is 9.67. The molecule has 0 aliphatic rings. The maximum Gasteiger partial charge on any atom is 0.255 e. The summed E-state index contributed by atoms with van der Waals surface area (Å²) in [6, 6.07) is 4.37. The highest BCUT2D eigenvalue weighted by Gasteiger charge is 2.15. The maximum atomic E-state index is 11.2. The van der Waals surface area contributed by atoms with Crippen molar-refractivity contribution in [1.29, 1.82) is 0 Å². The van der Waals surface area contributed by atoms with Crippen LogP contribution in [0.5, 0.6) is 0 Å². The number of hydrogen-bond acceptors (Lipinski definition) is 5. The van der Waals surface area contributed by atoms with E-state index in [1.54, 1.807) is 25.1 Å². The van der Waals surface area contributed by atoms with Crippen molar-refractivity contribution in [3.05, 3.63) is 29.7 Å². The fraction of sp³-hybridized carbons (Fsp3) is 0.200. The third-order valence-electron chi connectivity index (χ3n) is 2.30. The van der Waals surface area contributed by atoms with Crippen LogP contribution >= 0.6 is 0 Å². The Hall–Kier alpha value is -1.92. The molecular weight excluding hydrogens is 208 g/mol. The van der Waals surface area contributed by atoms with Crippen molar-refractivity contribution in [2.45, 2.75) is 13.0 Å². The van der Waals surface area contributed by atoms with Gasteiger partial charge in [0, 0.05) is 6.92 Å². The standard InChI is InChI=1S/C10H12N4O2/c1-5-13-7-3-2-6(4-8(7)16-5)9(11)10(15)14-12/h2-4,9H,11-12H2,1H3,(H,14,15). The lowest BCUT2D eigenvalue weighted by Gasteiger charge is -2.09. The first-order chi connectivity index (χ1) is 7.61. The second kappa shape index (κ2) is 3.92. The molecule has 6 nitrogen and oxygen atoms in total. The van der Waals surface area contributed by atoms with Crippen molar-refractivity contribution in [3.8, 4) is 0 Å². The molecule has 0 spiro atoms. The Morgan fingerprint density at radius 2 is 2.31 bits per heavy atom. The van der Waals surface area contributed by atoms with Gasteiger partial charge in [0.25, 0.3) is 5.91 Å². The number of rotatable bonds is 2. The first-order valence-corrected chi connectivity index (χ1v) is 4.75. The van der Waals surface area contributed by atoms with Crippen LogP contribution in [0.25, 0.3) is 11.1 Å².